The van der Waals surface area contributed by atoms with Crippen LogP contribution < -0.4 is 15.2 Å². The molecule has 10 heteroatoms. The zero-order valence-electron chi connectivity index (χ0n) is 22.1. The van der Waals surface area contributed by atoms with Gasteiger partial charge in [-0.25, -0.2) is 4.79 Å². The molecular weight excluding hydrogens is 470 g/mol. The van der Waals surface area contributed by atoms with E-state index in [2.05, 4.69) is 0 Å². The molecule has 1 aromatic carbocycles. The Morgan fingerprint density at radius 3 is 1.89 bits per heavy atom. The van der Waals surface area contributed by atoms with Crippen molar-refractivity contribution in [2.45, 2.75) is 79.4 Å². The third-order valence-electron chi connectivity index (χ3n) is 6.33. The number of aliphatic carboxylic acids is 1. The van der Waals surface area contributed by atoms with Gasteiger partial charge in [-0.05, 0) is 44.4 Å². The molecule has 36 heavy (non-hydrogen) atoms. The van der Waals surface area contributed by atoms with Crippen LogP contribution in [0.25, 0.3) is 0 Å². The maximum absolute atomic E-state index is 12.6. The van der Waals surface area contributed by atoms with E-state index in [4.69, 9.17) is 24.7 Å². The third-order valence-corrected chi connectivity index (χ3v) is 6.33. The molecule has 3 N–H and O–H groups in total. The largest absolute Gasteiger partial charge is 0.508 e. The smallest absolute Gasteiger partial charge is 0.480 e. The number of nitrogens with two attached hydrogens (primary N) is 1. The number of carboxylic acid groups (broad SMARTS) is 1. The molecule has 1 rings (SSSR count). The highest BCUT2D eigenvalue weighted by Crippen LogP contribution is 2.37. The zero-order chi connectivity index (χ0) is 27.6. The molecule has 1 aromatic rings. The van der Waals surface area contributed by atoms with Gasteiger partial charge in [0.1, 0.15) is 12.1 Å². The van der Waals surface area contributed by atoms with Gasteiger partial charge in [-0.3, -0.25) is 14.4 Å². The molecule has 6 atom stereocenters. The van der Waals surface area contributed by atoms with Crippen LogP contribution in [-0.2, 0) is 23.9 Å². The van der Waals surface area contributed by atoms with E-state index < -0.39 is 54.0 Å². The van der Waals surface area contributed by atoms with E-state index in [0.717, 1.165) is 0 Å². The van der Waals surface area contributed by atoms with Crippen LogP contribution in [0.1, 0.15) is 72.8 Å². The zero-order valence-corrected chi connectivity index (χ0v) is 22.1. The van der Waals surface area contributed by atoms with Gasteiger partial charge in [0.2, 0.25) is 0 Å². The highest BCUT2D eigenvalue weighted by atomic mass is 16.7. The molecular formula is C26H39NO9. The number of esters is 2. The lowest BCUT2D eigenvalue weighted by molar-refractivity contribution is -0.141. The highest BCUT2D eigenvalue weighted by molar-refractivity contribution is 5.79. The Kier molecular flexibility index (Phi) is 12.4. The van der Waals surface area contributed by atoms with Gasteiger partial charge in [0, 0.05) is 11.8 Å². The van der Waals surface area contributed by atoms with Crippen LogP contribution >= 0.6 is 0 Å². The monoisotopic (exact) mass is 509 g/mol. The molecule has 0 aromatic heterocycles. The molecule has 0 radical (unpaired) electrons. The van der Waals surface area contributed by atoms with Crippen LogP contribution in [0.3, 0.4) is 0 Å². The molecule has 0 bridgehead atoms. The standard InChI is InChI=1S/C26H39NO9/c1-8-14(4)24(30)35-19-12-11-18(13-20(19)36-25(31)15(5)9-2)21(22(27)23(28)29)16(6)17(7)34-26(32)33-10-3/h11-17,21-22H,8-10,27H2,1-7H3,(H,28,29)/t14?,15?,16?,17?,21?,22-/m0/s1. The molecule has 0 heterocycles. The molecule has 0 saturated heterocycles. The molecule has 0 amide bonds. The summed E-state index contributed by atoms with van der Waals surface area (Å²) in [6, 6.07) is 3.07. The van der Waals surface area contributed by atoms with Crippen molar-refractivity contribution in [3.63, 3.8) is 0 Å². The summed E-state index contributed by atoms with van der Waals surface area (Å²) in [6.07, 6.45) is -0.541. The van der Waals surface area contributed by atoms with Crippen molar-refractivity contribution in [3.05, 3.63) is 23.8 Å². The first kappa shape index (κ1) is 30.9. The van der Waals surface area contributed by atoms with Gasteiger partial charge >= 0.3 is 24.1 Å². The van der Waals surface area contributed by atoms with E-state index in [-0.39, 0.29) is 24.0 Å². The van der Waals surface area contributed by atoms with E-state index >= 15 is 0 Å². The van der Waals surface area contributed by atoms with Crippen molar-refractivity contribution < 1.29 is 43.2 Å². The first-order valence-corrected chi connectivity index (χ1v) is 12.3. The van der Waals surface area contributed by atoms with E-state index in [1.54, 1.807) is 40.7 Å². The predicted molar refractivity (Wildman–Crippen MR) is 132 cm³/mol. The summed E-state index contributed by atoms with van der Waals surface area (Å²) in [7, 11) is 0. The van der Waals surface area contributed by atoms with Crippen molar-refractivity contribution in [1.82, 2.24) is 0 Å². The van der Waals surface area contributed by atoms with Gasteiger partial charge in [-0.15, -0.1) is 0 Å². The second kappa shape index (κ2) is 14.4. The predicted octanol–water partition coefficient (Wildman–Crippen LogP) is 4.28. The number of rotatable bonds is 13. The summed E-state index contributed by atoms with van der Waals surface area (Å²) >= 11 is 0. The van der Waals surface area contributed by atoms with Gasteiger partial charge in [-0.2, -0.15) is 0 Å². The van der Waals surface area contributed by atoms with Gasteiger partial charge in [0.25, 0.3) is 0 Å². The molecule has 0 aliphatic rings. The summed E-state index contributed by atoms with van der Waals surface area (Å²) in [4.78, 5) is 48.7. The lowest BCUT2D eigenvalue weighted by Crippen LogP contribution is -2.42. The molecule has 0 spiro atoms. The van der Waals surface area contributed by atoms with Crippen molar-refractivity contribution >= 4 is 24.1 Å². The van der Waals surface area contributed by atoms with Gasteiger partial charge in [0.15, 0.2) is 11.5 Å². The minimum Gasteiger partial charge on any atom is -0.480 e. The van der Waals surface area contributed by atoms with Crippen molar-refractivity contribution in [2.24, 2.45) is 23.5 Å². The van der Waals surface area contributed by atoms with E-state index in [1.165, 1.54) is 12.1 Å². The normalized spacial score (nSPS) is 16.0. The number of carbonyl (C=O) groups excluding carboxylic acids is 3. The molecule has 202 valence electrons. The Balaban J connectivity index is 3.50. The van der Waals surface area contributed by atoms with Crippen LogP contribution in [0.5, 0.6) is 11.5 Å². The topological polar surface area (TPSA) is 151 Å². The van der Waals surface area contributed by atoms with Crippen LogP contribution in [-0.4, -0.2) is 47.9 Å². The molecule has 0 fully saturated rings. The van der Waals surface area contributed by atoms with Crippen LogP contribution in [0.4, 0.5) is 4.79 Å². The fourth-order valence-corrected chi connectivity index (χ4v) is 3.34. The Labute approximate surface area is 212 Å². The average Bonchev–Trinajstić information content (AvgIpc) is 2.84. The maximum atomic E-state index is 12.6. The third kappa shape index (κ3) is 8.51. The fraction of sp³-hybridized carbons (Fsp3) is 0.615. The molecule has 0 aliphatic heterocycles. The van der Waals surface area contributed by atoms with Gasteiger partial charge in [0.05, 0.1) is 18.4 Å². The molecule has 10 nitrogen and oxygen atoms in total. The van der Waals surface area contributed by atoms with Crippen LogP contribution in [0.2, 0.25) is 0 Å². The summed E-state index contributed by atoms with van der Waals surface area (Å²) in [5.41, 5.74) is 6.46. The van der Waals surface area contributed by atoms with Gasteiger partial charge in [-0.1, -0.05) is 40.7 Å². The Bertz CT molecular complexity index is 917. The first-order valence-electron chi connectivity index (χ1n) is 12.3. The summed E-state index contributed by atoms with van der Waals surface area (Å²) < 4.78 is 21.2. The number of hydrogen-bond acceptors (Lipinski definition) is 9. The fourth-order valence-electron chi connectivity index (χ4n) is 3.34. The quantitative estimate of drug-likeness (QED) is 0.291. The van der Waals surface area contributed by atoms with Crippen LogP contribution in [0.15, 0.2) is 18.2 Å². The summed E-state index contributed by atoms with van der Waals surface area (Å²) in [6.45, 7) is 12.2. The van der Waals surface area contributed by atoms with Crippen molar-refractivity contribution in [1.29, 1.82) is 0 Å². The lowest BCUT2D eigenvalue weighted by Gasteiger charge is -2.31. The van der Waals surface area contributed by atoms with Gasteiger partial charge < -0.3 is 29.8 Å². The number of hydrogen-bond donors (Lipinski definition) is 2. The van der Waals surface area contributed by atoms with E-state index in [0.29, 0.717) is 18.4 Å². The highest BCUT2D eigenvalue weighted by Gasteiger charge is 2.36. The van der Waals surface area contributed by atoms with Crippen molar-refractivity contribution in [2.75, 3.05) is 6.61 Å². The number of benzene rings is 1. The number of carbonyl (C=O) groups is 4. The molecule has 0 saturated carbocycles. The first-order chi connectivity index (χ1) is 16.9. The Morgan fingerprint density at radius 2 is 1.42 bits per heavy atom. The summed E-state index contributed by atoms with van der Waals surface area (Å²) in [5, 5.41) is 9.68. The lowest BCUT2D eigenvalue weighted by atomic mass is 9.79. The second-order valence-corrected chi connectivity index (χ2v) is 8.92. The Hall–Kier alpha value is -3.14. The number of ether oxygens (including phenoxy) is 4. The minimum absolute atomic E-state index is 0.0248. The SMILES string of the molecule is CCOC(=O)OC(C)C(C)C(c1ccc(OC(=O)C(C)CC)c(OC(=O)C(C)CC)c1)[C@H](N)C(=O)O. The minimum atomic E-state index is -1.38. The summed E-state index contributed by atoms with van der Waals surface area (Å²) in [5.74, 6) is -4.50. The molecule has 0 aliphatic carbocycles. The Morgan fingerprint density at radius 1 is 0.889 bits per heavy atom. The molecule has 5 unspecified atom stereocenters. The van der Waals surface area contributed by atoms with E-state index in [1.807, 2.05) is 13.8 Å². The van der Waals surface area contributed by atoms with Crippen LogP contribution in [0, 0.1) is 17.8 Å². The second-order valence-electron chi connectivity index (χ2n) is 8.92. The number of carboxylic acids is 1. The van der Waals surface area contributed by atoms with E-state index in [9.17, 15) is 24.3 Å². The maximum Gasteiger partial charge on any atom is 0.508 e. The average molecular weight is 510 g/mol. The van der Waals surface area contributed by atoms with Crippen molar-refractivity contribution in [3.8, 4) is 11.5 Å².